The van der Waals surface area contributed by atoms with Crippen molar-refractivity contribution in [2.75, 3.05) is 11.5 Å². The summed E-state index contributed by atoms with van der Waals surface area (Å²) in [5, 5.41) is 16.3. The number of rotatable bonds is 11. The van der Waals surface area contributed by atoms with Gasteiger partial charge in [0.2, 0.25) is 17.7 Å². The van der Waals surface area contributed by atoms with Gasteiger partial charge in [-0.3, -0.25) is 14.4 Å². The molecule has 11 nitrogen and oxygen atoms in total. The van der Waals surface area contributed by atoms with Crippen molar-refractivity contribution in [3.05, 3.63) is 18.2 Å². The summed E-state index contributed by atoms with van der Waals surface area (Å²) in [5.41, 5.74) is 6.09. The van der Waals surface area contributed by atoms with Gasteiger partial charge in [0.1, 0.15) is 18.1 Å². The van der Waals surface area contributed by atoms with Crippen LogP contribution in [0.5, 0.6) is 0 Å². The predicted octanol–water partition coefficient (Wildman–Crippen LogP) is -2.30. The quantitative estimate of drug-likeness (QED) is 0.181. The van der Waals surface area contributed by atoms with Crippen LogP contribution in [-0.2, 0) is 25.6 Å². The highest BCUT2D eigenvalue weighted by Gasteiger charge is 2.28. The van der Waals surface area contributed by atoms with Crippen molar-refractivity contribution >= 4 is 48.9 Å². The molecule has 0 aliphatic rings. The zero-order valence-corrected chi connectivity index (χ0v) is 16.9. The maximum absolute atomic E-state index is 12.5. The number of nitrogens with zero attached hydrogens (tertiary/aromatic N) is 1. The van der Waals surface area contributed by atoms with Gasteiger partial charge in [-0.25, -0.2) is 9.78 Å². The highest BCUT2D eigenvalue weighted by atomic mass is 32.1. The van der Waals surface area contributed by atoms with Gasteiger partial charge in [-0.1, -0.05) is 0 Å². The molecule has 3 amide bonds. The Kier molecular flexibility index (Phi) is 9.82. The minimum absolute atomic E-state index is 0.0350. The Balaban J connectivity index is 2.84. The van der Waals surface area contributed by atoms with Gasteiger partial charge in [-0.2, -0.15) is 25.3 Å². The summed E-state index contributed by atoms with van der Waals surface area (Å²) in [6.45, 7) is 1.43. The van der Waals surface area contributed by atoms with Crippen LogP contribution in [0.4, 0.5) is 0 Å². The standard InChI is InChI=1S/C15H24N6O5S2/c1-7(19-13(23)9(16)4-27)12(22)20-10(2-8-3-17-6-18-8)14(24)21-11(5-28)15(25)26/h3,6-7,9-11,27-28H,2,4-5,16H2,1H3,(H,17,18)(H,19,23)(H,20,22)(H,21,24)(H,25,26)/t7-,9-,10-,11-/m0/s1. The molecule has 0 bridgehead atoms. The molecule has 0 saturated heterocycles. The molecule has 156 valence electrons. The summed E-state index contributed by atoms with van der Waals surface area (Å²) >= 11 is 7.81. The third-order valence-electron chi connectivity index (χ3n) is 3.69. The van der Waals surface area contributed by atoms with Crippen molar-refractivity contribution in [3.8, 4) is 0 Å². The Morgan fingerprint density at radius 2 is 1.75 bits per heavy atom. The average Bonchev–Trinajstić information content (AvgIpc) is 3.17. The number of amides is 3. The van der Waals surface area contributed by atoms with Crippen molar-refractivity contribution in [2.24, 2.45) is 5.73 Å². The minimum atomic E-state index is -1.25. The topological polar surface area (TPSA) is 179 Å². The fraction of sp³-hybridized carbons (Fsp3) is 0.533. The second-order valence-electron chi connectivity index (χ2n) is 5.94. The van der Waals surface area contributed by atoms with Crippen molar-refractivity contribution in [3.63, 3.8) is 0 Å². The van der Waals surface area contributed by atoms with Crippen LogP contribution in [0, 0.1) is 0 Å². The normalized spacial score (nSPS) is 15.0. The third kappa shape index (κ3) is 7.40. The Labute approximate surface area is 172 Å². The van der Waals surface area contributed by atoms with Gasteiger partial charge in [-0.15, -0.1) is 0 Å². The Hall–Kier alpha value is -2.25. The number of hydrogen-bond acceptors (Lipinski definition) is 8. The molecule has 0 aliphatic heterocycles. The number of carboxylic acid groups (broad SMARTS) is 1. The van der Waals surface area contributed by atoms with Gasteiger partial charge in [0.05, 0.1) is 12.4 Å². The summed E-state index contributed by atoms with van der Waals surface area (Å²) in [4.78, 5) is 54.5. The zero-order valence-electron chi connectivity index (χ0n) is 15.1. The molecule has 28 heavy (non-hydrogen) atoms. The minimum Gasteiger partial charge on any atom is -0.480 e. The summed E-state index contributed by atoms with van der Waals surface area (Å²) in [6, 6.07) is -4.18. The molecule has 13 heteroatoms. The summed E-state index contributed by atoms with van der Waals surface area (Å²) in [7, 11) is 0. The first kappa shape index (κ1) is 23.8. The van der Waals surface area contributed by atoms with E-state index in [1.54, 1.807) is 0 Å². The largest absolute Gasteiger partial charge is 0.480 e. The molecule has 0 fully saturated rings. The molecule has 1 rings (SSSR count). The number of aliphatic carboxylic acids is 1. The number of hydrogen-bond donors (Lipinski definition) is 8. The van der Waals surface area contributed by atoms with Gasteiger partial charge in [-0.05, 0) is 6.92 Å². The Morgan fingerprint density at radius 1 is 1.11 bits per heavy atom. The number of nitrogens with one attached hydrogen (secondary N) is 4. The van der Waals surface area contributed by atoms with Crippen LogP contribution in [0.25, 0.3) is 0 Å². The first-order valence-corrected chi connectivity index (χ1v) is 9.54. The highest BCUT2D eigenvalue weighted by molar-refractivity contribution is 7.80. The van der Waals surface area contributed by atoms with Crippen molar-refractivity contribution in [1.82, 2.24) is 25.9 Å². The van der Waals surface area contributed by atoms with Crippen LogP contribution in [0.1, 0.15) is 12.6 Å². The van der Waals surface area contributed by atoms with Crippen molar-refractivity contribution in [2.45, 2.75) is 37.5 Å². The van der Waals surface area contributed by atoms with Crippen molar-refractivity contribution in [1.29, 1.82) is 0 Å². The maximum Gasteiger partial charge on any atom is 0.327 e. The lowest BCUT2D eigenvalue weighted by atomic mass is 10.1. The molecule has 0 aliphatic carbocycles. The van der Waals surface area contributed by atoms with Crippen LogP contribution in [0.15, 0.2) is 12.5 Å². The van der Waals surface area contributed by atoms with E-state index in [1.165, 1.54) is 19.4 Å². The molecule has 0 aromatic carbocycles. The molecule has 1 heterocycles. The van der Waals surface area contributed by atoms with Crippen molar-refractivity contribution < 1.29 is 24.3 Å². The Bertz CT molecular complexity index is 686. The smallest absolute Gasteiger partial charge is 0.327 e. The molecule has 0 saturated carbocycles. The number of aromatic nitrogens is 2. The summed E-state index contributed by atoms with van der Waals surface area (Å²) in [5.74, 6) is -3.19. The number of aromatic amines is 1. The molecule has 0 spiro atoms. The lowest BCUT2D eigenvalue weighted by Crippen LogP contribution is -2.57. The second kappa shape index (κ2) is 11.6. The van der Waals surface area contributed by atoms with E-state index in [1.807, 2.05) is 0 Å². The monoisotopic (exact) mass is 432 g/mol. The first-order valence-electron chi connectivity index (χ1n) is 8.28. The van der Waals surface area contributed by atoms with E-state index in [2.05, 4.69) is 51.2 Å². The first-order chi connectivity index (χ1) is 13.2. The van der Waals surface area contributed by atoms with Gasteiger partial charge >= 0.3 is 5.97 Å². The molecule has 0 unspecified atom stereocenters. The number of imidazole rings is 1. The number of nitrogens with two attached hydrogens (primary N) is 1. The molecule has 7 N–H and O–H groups in total. The van der Waals surface area contributed by atoms with Crippen LogP contribution in [-0.4, -0.2) is 74.4 Å². The van der Waals surface area contributed by atoms with Gasteiger partial charge in [0.15, 0.2) is 0 Å². The average molecular weight is 433 g/mol. The molecule has 1 aromatic heterocycles. The third-order valence-corrected chi connectivity index (χ3v) is 4.45. The van der Waals surface area contributed by atoms with Crippen LogP contribution >= 0.6 is 25.3 Å². The van der Waals surface area contributed by atoms with E-state index in [4.69, 9.17) is 10.8 Å². The highest BCUT2D eigenvalue weighted by Crippen LogP contribution is 2.02. The number of carboxylic acids is 1. The van der Waals surface area contributed by atoms with E-state index in [9.17, 15) is 19.2 Å². The summed E-state index contributed by atoms with van der Waals surface area (Å²) < 4.78 is 0. The lowest BCUT2D eigenvalue weighted by Gasteiger charge is -2.23. The molecule has 4 atom stereocenters. The molecule has 0 radical (unpaired) electrons. The molecular formula is C15H24N6O5S2. The van der Waals surface area contributed by atoms with E-state index >= 15 is 0 Å². The van der Waals surface area contributed by atoms with E-state index in [0.29, 0.717) is 5.69 Å². The number of thiol groups is 2. The summed E-state index contributed by atoms with van der Waals surface area (Å²) in [6.07, 6.45) is 2.91. The zero-order chi connectivity index (χ0) is 21.3. The fourth-order valence-corrected chi connectivity index (χ4v) is 2.46. The SMILES string of the molecule is C[C@H](NC(=O)[C@@H](N)CS)C(=O)N[C@@H](Cc1cnc[nH]1)C(=O)N[C@@H](CS)C(=O)O. The van der Waals surface area contributed by atoms with E-state index in [0.717, 1.165) is 0 Å². The van der Waals surface area contributed by atoms with E-state index in [-0.39, 0.29) is 17.9 Å². The van der Waals surface area contributed by atoms with Crippen LogP contribution in [0.2, 0.25) is 0 Å². The van der Waals surface area contributed by atoms with Gasteiger partial charge in [0.25, 0.3) is 0 Å². The van der Waals surface area contributed by atoms with E-state index < -0.39 is 47.9 Å². The van der Waals surface area contributed by atoms with Gasteiger partial charge < -0.3 is 31.8 Å². The van der Waals surface area contributed by atoms with Crippen LogP contribution < -0.4 is 21.7 Å². The number of carbonyl (C=O) groups excluding carboxylic acids is 3. The lowest BCUT2D eigenvalue weighted by molar-refractivity contribution is -0.141. The van der Waals surface area contributed by atoms with Gasteiger partial charge in [0, 0.05) is 29.8 Å². The Morgan fingerprint density at radius 3 is 2.25 bits per heavy atom. The second-order valence-corrected chi connectivity index (χ2v) is 6.67. The fourth-order valence-electron chi connectivity index (χ4n) is 2.05. The molecule has 1 aromatic rings. The molecular weight excluding hydrogens is 408 g/mol. The van der Waals surface area contributed by atoms with Crippen LogP contribution in [0.3, 0.4) is 0 Å². The number of carbonyl (C=O) groups is 4. The maximum atomic E-state index is 12.5. The number of H-pyrrole nitrogens is 1. The predicted molar refractivity (Wildman–Crippen MR) is 107 cm³/mol.